The van der Waals surface area contributed by atoms with Crippen molar-refractivity contribution >= 4 is 28.8 Å². The first kappa shape index (κ1) is 13.9. The molecule has 1 saturated heterocycles. The number of anilines is 1. The summed E-state index contributed by atoms with van der Waals surface area (Å²) in [6, 6.07) is 7.05. The second-order valence-corrected chi connectivity index (χ2v) is 4.73. The van der Waals surface area contributed by atoms with Gasteiger partial charge in [-0.05, 0) is 30.7 Å². The molecule has 0 aliphatic carbocycles. The number of carbonyl (C=O) groups excluding carboxylic acids is 1. The van der Waals surface area contributed by atoms with Crippen molar-refractivity contribution in [1.82, 2.24) is 0 Å². The summed E-state index contributed by atoms with van der Waals surface area (Å²) in [6.45, 7) is 1.30. The van der Waals surface area contributed by atoms with Crippen LogP contribution in [0.4, 0.5) is 5.69 Å². The van der Waals surface area contributed by atoms with Crippen LogP contribution in [0.15, 0.2) is 24.3 Å². The molecule has 1 amide bonds. The number of hydrogen-bond acceptors (Lipinski definition) is 4. The van der Waals surface area contributed by atoms with E-state index < -0.39 is 0 Å². The van der Waals surface area contributed by atoms with Crippen LogP contribution in [0.25, 0.3) is 0 Å². The van der Waals surface area contributed by atoms with Gasteiger partial charge in [-0.3, -0.25) is 4.79 Å². The largest absolute Gasteiger partial charge is 0.389 e. The van der Waals surface area contributed by atoms with Crippen molar-refractivity contribution in [3.8, 4) is 0 Å². The zero-order valence-electron chi connectivity index (χ0n) is 10.4. The summed E-state index contributed by atoms with van der Waals surface area (Å²) in [4.78, 5) is 12.0. The predicted molar refractivity (Wildman–Crippen MR) is 76.1 cm³/mol. The molecule has 1 unspecified atom stereocenters. The Hall–Kier alpha value is -1.50. The maximum Gasteiger partial charge on any atom is 0.250 e. The summed E-state index contributed by atoms with van der Waals surface area (Å²) in [6.07, 6.45) is 0.873. The molecule has 19 heavy (non-hydrogen) atoms. The van der Waals surface area contributed by atoms with Gasteiger partial charge in [0.25, 0.3) is 0 Å². The fraction of sp³-hybridized carbons (Fsp3) is 0.385. The van der Waals surface area contributed by atoms with Crippen molar-refractivity contribution in [2.24, 2.45) is 5.73 Å². The molecule has 1 aliphatic rings. The molecule has 5 nitrogen and oxygen atoms in total. The number of rotatable bonds is 5. The first-order chi connectivity index (χ1) is 9.15. The Labute approximate surface area is 117 Å². The normalized spacial score (nSPS) is 18.2. The van der Waals surface area contributed by atoms with Crippen LogP contribution < -0.4 is 11.1 Å². The van der Waals surface area contributed by atoms with Crippen molar-refractivity contribution in [2.45, 2.75) is 12.5 Å². The molecule has 0 spiro atoms. The lowest BCUT2D eigenvalue weighted by Gasteiger charge is -2.10. The van der Waals surface area contributed by atoms with E-state index in [9.17, 15) is 4.79 Å². The van der Waals surface area contributed by atoms with E-state index in [-0.39, 0.29) is 18.6 Å². The van der Waals surface area contributed by atoms with Crippen LogP contribution in [0.5, 0.6) is 0 Å². The van der Waals surface area contributed by atoms with E-state index in [4.69, 9.17) is 27.4 Å². The van der Waals surface area contributed by atoms with E-state index in [1.54, 1.807) is 24.3 Å². The molecule has 102 valence electrons. The third-order valence-electron chi connectivity index (χ3n) is 2.79. The first-order valence-corrected chi connectivity index (χ1v) is 6.45. The summed E-state index contributed by atoms with van der Waals surface area (Å²) in [7, 11) is 0. The average molecular weight is 280 g/mol. The minimum atomic E-state index is -0.185. The Balaban J connectivity index is 1.79. The zero-order valence-corrected chi connectivity index (χ0v) is 11.2. The monoisotopic (exact) mass is 280 g/mol. The predicted octanol–water partition coefficient (Wildman–Crippen LogP) is 1.06. The highest BCUT2D eigenvalue weighted by molar-refractivity contribution is 7.80. The second kappa shape index (κ2) is 6.60. The molecule has 1 atom stereocenters. The number of carbonyl (C=O) groups is 1. The van der Waals surface area contributed by atoms with Crippen molar-refractivity contribution in [1.29, 1.82) is 0 Å². The highest BCUT2D eigenvalue weighted by atomic mass is 32.1. The summed E-state index contributed by atoms with van der Waals surface area (Å²) in [5.41, 5.74) is 6.96. The van der Waals surface area contributed by atoms with Crippen molar-refractivity contribution < 1.29 is 14.3 Å². The molecule has 0 saturated carbocycles. The van der Waals surface area contributed by atoms with Crippen LogP contribution in [0.3, 0.4) is 0 Å². The van der Waals surface area contributed by atoms with Gasteiger partial charge in [-0.1, -0.05) is 12.2 Å². The standard InChI is InChI=1S/C13H16N2O3S/c14-13(19)9-1-3-10(4-2-9)15-12(16)8-18-11-5-6-17-7-11/h1-4,11H,5-8H2,(H2,14,19)(H,15,16). The zero-order chi connectivity index (χ0) is 13.7. The highest BCUT2D eigenvalue weighted by Crippen LogP contribution is 2.11. The summed E-state index contributed by atoms with van der Waals surface area (Å²) in [5, 5.41) is 2.74. The Kier molecular flexibility index (Phi) is 4.84. The molecule has 3 N–H and O–H groups in total. The summed E-state index contributed by atoms with van der Waals surface area (Å²) < 4.78 is 10.6. The van der Waals surface area contributed by atoms with Crippen LogP contribution in [0.2, 0.25) is 0 Å². The Morgan fingerprint density at radius 1 is 1.47 bits per heavy atom. The lowest BCUT2D eigenvalue weighted by Crippen LogP contribution is -2.23. The second-order valence-electron chi connectivity index (χ2n) is 4.29. The van der Waals surface area contributed by atoms with E-state index in [0.717, 1.165) is 12.0 Å². The van der Waals surface area contributed by atoms with Gasteiger partial charge in [0.2, 0.25) is 5.91 Å². The van der Waals surface area contributed by atoms with Crippen LogP contribution >= 0.6 is 12.2 Å². The van der Waals surface area contributed by atoms with Gasteiger partial charge in [-0.15, -0.1) is 0 Å². The van der Waals surface area contributed by atoms with Gasteiger partial charge >= 0.3 is 0 Å². The SMILES string of the molecule is NC(=S)c1ccc(NC(=O)COC2CCOC2)cc1. The topological polar surface area (TPSA) is 73.6 Å². The van der Waals surface area contributed by atoms with Gasteiger partial charge < -0.3 is 20.5 Å². The minimum Gasteiger partial charge on any atom is -0.389 e. The Bertz CT molecular complexity index is 455. The van der Waals surface area contributed by atoms with Crippen LogP contribution in [-0.4, -0.2) is 36.8 Å². The van der Waals surface area contributed by atoms with Crippen LogP contribution in [-0.2, 0) is 14.3 Å². The van der Waals surface area contributed by atoms with Gasteiger partial charge in [0.1, 0.15) is 11.6 Å². The number of benzene rings is 1. The average Bonchev–Trinajstić information content (AvgIpc) is 2.90. The maximum absolute atomic E-state index is 11.7. The number of thiocarbonyl (C=S) groups is 1. The van der Waals surface area contributed by atoms with Gasteiger partial charge in [0, 0.05) is 17.9 Å². The van der Waals surface area contributed by atoms with Crippen molar-refractivity contribution in [3.05, 3.63) is 29.8 Å². The molecular formula is C13H16N2O3S. The van der Waals surface area contributed by atoms with E-state index >= 15 is 0 Å². The Morgan fingerprint density at radius 3 is 2.79 bits per heavy atom. The van der Waals surface area contributed by atoms with Crippen LogP contribution in [0.1, 0.15) is 12.0 Å². The third kappa shape index (κ3) is 4.27. The van der Waals surface area contributed by atoms with Gasteiger partial charge in [0.05, 0.1) is 12.7 Å². The quantitative estimate of drug-likeness (QED) is 0.789. The van der Waals surface area contributed by atoms with E-state index in [1.165, 1.54) is 0 Å². The lowest BCUT2D eigenvalue weighted by molar-refractivity contribution is -0.122. The van der Waals surface area contributed by atoms with Gasteiger partial charge in [-0.25, -0.2) is 0 Å². The van der Waals surface area contributed by atoms with E-state index in [0.29, 0.717) is 23.9 Å². The van der Waals surface area contributed by atoms with Gasteiger partial charge in [-0.2, -0.15) is 0 Å². The van der Waals surface area contributed by atoms with E-state index in [2.05, 4.69) is 5.32 Å². The van der Waals surface area contributed by atoms with Crippen LogP contribution in [0, 0.1) is 0 Å². The molecule has 0 radical (unpaired) electrons. The Morgan fingerprint density at radius 2 is 2.21 bits per heavy atom. The highest BCUT2D eigenvalue weighted by Gasteiger charge is 2.17. The molecule has 0 bridgehead atoms. The molecule has 1 heterocycles. The van der Waals surface area contributed by atoms with Gasteiger partial charge in [0.15, 0.2) is 0 Å². The van der Waals surface area contributed by atoms with Crippen molar-refractivity contribution in [2.75, 3.05) is 25.1 Å². The number of ether oxygens (including phenoxy) is 2. The fourth-order valence-electron chi connectivity index (χ4n) is 1.75. The first-order valence-electron chi connectivity index (χ1n) is 6.04. The smallest absolute Gasteiger partial charge is 0.250 e. The van der Waals surface area contributed by atoms with Crippen molar-refractivity contribution in [3.63, 3.8) is 0 Å². The molecule has 1 fully saturated rings. The minimum absolute atomic E-state index is 0.0303. The molecule has 1 aromatic rings. The number of nitrogens with two attached hydrogens (primary N) is 1. The number of amides is 1. The third-order valence-corrected chi connectivity index (χ3v) is 3.03. The molecule has 6 heteroatoms. The number of nitrogens with one attached hydrogen (secondary N) is 1. The fourth-order valence-corrected chi connectivity index (χ4v) is 1.89. The lowest BCUT2D eigenvalue weighted by atomic mass is 10.2. The summed E-state index contributed by atoms with van der Waals surface area (Å²) in [5.74, 6) is -0.185. The van der Waals surface area contributed by atoms with E-state index in [1.807, 2.05) is 0 Å². The number of hydrogen-bond donors (Lipinski definition) is 2. The maximum atomic E-state index is 11.7. The molecule has 1 aliphatic heterocycles. The molecule has 2 rings (SSSR count). The molecular weight excluding hydrogens is 264 g/mol. The summed E-state index contributed by atoms with van der Waals surface area (Å²) >= 11 is 4.85. The molecule has 1 aromatic carbocycles. The molecule has 0 aromatic heterocycles.